The van der Waals surface area contributed by atoms with Gasteiger partial charge in [0, 0.05) is 27.0 Å². The molecule has 0 saturated heterocycles. The molecule has 0 bridgehead atoms. The fraction of sp³-hybridized carbons (Fsp3) is 1.00. The second-order valence-corrected chi connectivity index (χ2v) is 7.61. The van der Waals surface area contributed by atoms with Crippen LogP contribution < -0.4 is 0 Å². The van der Waals surface area contributed by atoms with Gasteiger partial charge in [-0.15, -0.1) is 0 Å². The van der Waals surface area contributed by atoms with E-state index < -0.39 is 7.00 Å². The molecule has 0 spiro atoms. The quantitative estimate of drug-likeness (QED) is 0.413. The lowest BCUT2D eigenvalue weighted by Gasteiger charge is -1.80. The highest BCUT2D eigenvalue weighted by molar-refractivity contribution is 14.2. The summed E-state index contributed by atoms with van der Waals surface area (Å²) in [4.78, 5) is 0. The van der Waals surface area contributed by atoms with Crippen LogP contribution in [0.4, 0.5) is 0 Å². The summed E-state index contributed by atoms with van der Waals surface area (Å²) in [7, 11) is 0.766. The van der Waals surface area contributed by atoms with E-state index in [1.54, 1.807) is 0 Å². The van der Waals surface area contributed by atoms with Gasteiger partial charge in [-0.1, -0.05) is 17.7 Å². The van der Waals surface area contributed by atoms with Gasteiger partial charge in [0.15, 0.2) is 0 Å². The first-order valence-corrected chi connectivity index (χ1v) is 6.68. The minimum atomic E-state index is -0.679. The maximum absolute atomic E-state index is 10.1. The number of rotatable bonds is 2. The van der Waals surface area contributed by atoms with Crippen molar-refractivity contribution in [3.63, 3.8) is 0 Å². The summed E-state index contributed by atoms with van der Waals surface area (Å²) in [5.74, 6) is 0.940. The summed E-state index contributed by atoms with van der Waals surface area (Å²) >= 11 is 1.88. The number of halogens is 1. The van der Waals surface area contributed by atoms with Crippen LogP contribution in [0.5, 0.6) is 0 Å². The zero-order chi connectivity index (χ0) is 4.99. The Morgan fingerprint density at radius 2 is 2.50 bits per heavy atom. The Bertz CT molecular complexity index is 55.5. The van der Waals surface area contributed by atoms with Gasteiger partial charge in [-0.05, 0) is 0 Å². The van der Waals surface area contributed by atoms with Crippen molar-refractivity contribution in [3.8, 4) is 0 Å². The maximum atomic E-state index is 10.1. The van der Waals surface area contributed by atoms with Gasteiger partial charge in [0.2, 0.25) is 0 Å². The summed E-state index contributed by atoms with van der Waals surface area (Å²) in [6.07, 6.45) is 0. The minimum Gasteiger partial charge on any atom is -0.237 e. The second kappa shape index (κ2) is 4.39. The van der Waals surface area contributed by atoms with Crippen molar-refractivity contribution in [1.82, 2.24) is 0 Å². The maximum Gasteiger partial charge on any atom is 0.143 e. The molecule has 0 aromatic carbocycles. The Labute approximate surface area is 55.7 Å². The first kappa shape index (κ1) is 7.23. The molecule has 0 aliphatic carbocycles. The third kappa shape index (κ3) is 5.23. The zero-order valence-corrected chi connectivity index (χ0v) is 7.10. The Kier molecular flexibility index (Phi) is 5.29. The fourth-order valence-corrected chi connectivity index (χ4v) is 3.12. The number of hydrogen-bond acceptors (Lipinski definition) is 2. The van der Waals surface area contributed by atoms with Crippen LogP contribution in [0.3, 0.4) is 0 Å². The van der Waals surface area contributed by atoms with Crippen LogP contribution in [0.25, 0.3) is 0 Å². The predicted molar refractivity (Wildman–Crippen MR) is 40.3 cm³/mol. The van der Waals surface area contributed by atoms with E-state index >= 15 is 0 Å². The van der Waals surface area contributed by atoms with Crippen LogP contribution in [-0.4, -0.2) is 9.96 Å². The van der Waals surface area contributed by atoms with Crippen molar-refractivity contribution in [3.05, 3.63) is 0 Å². The van der Waals surface area contributed by atoms with E-state index in [1.165, 1.54) is 10.8 Å². The molecular weight excluding hydrogens is 231 g/mol. The predicted octanol–water partition coefficient (Wildman–Crippen LogP) is 1.75. The smallest absolute Gasteiger partial charge is 0.143 e. The zero-order valence-electron chi connectivity index (χ0n) is 3.31. The largest absolute Gasteiger partial charge is 0.237 e. The molecular formula is C2H5IOS2. The molecule has 0 aromatic heterocycles. The van der Waals surface area contributed by atoms with E-state index in [-0.39, 0.29) is 0 Å². The highest BCUT2D eigenvalue weighted by atomic mass is 127. The first-order valence-electron chi connectivity index (χ1n) is 1.48. The van der Waals surface area contributed by atoms with Crippen LogP contribution in [0.15, 0.2) is 0 Å². The van der Waals surface area contributed by atoms with Crippen molar-refractivity contribution < 1.29 is 4.21 Å². The molecule has 0 radical (unpaired) electrons. The summed E-state index contributed by atoms with van der Waals surface area (Å²) in [5.41, 5.74) is 0. The standard InChI is InChI=1S/C2H5IOS2/c1-2-5-6(3)4/h2H2,1H3. The Morgan fingerprint density at radius 1 is 2.00 bits per heavy atom. The molecule has 0 aliphatic heterocycles. The van der Waals surface area contributed by atoms with E-state index in [9.17, 15) is 4.21 Å². The highest BCUT2D eigenvalue weighted by Crippen LogP contribution is 2.12. The van der Waals surface area contributed by atoms with E-state index in [4.69, 9.17) is 0 Å². The molecule has 1 nitrogen and oxygen atoms in total. The third-order valence-corrected chi connectivity index (χ3v) is 4.18. The molecule has 4 heteroatoms. The SMILES string of the molecule is CCSS(=O)I. The molecule has 6 heavy (non-hydrogen) atoms. The van der Waals surface area contributed by atoms with E-state index in [2.05, 4.69) is 0 Å². The lowest BCUT2D eigenvalue weighted by Crippen LogP contribution is -1.64. The molecule has 0 saturated carbocycles. The molecule has 0 rings (SSSR count). The summed E-state index contributed by atoms with van der Waals surface area (Å²) in [5, 5.41) is 0. The first-order chi connectivity index (χ1) is 2.77. The van der Waals surface area contributed by atoms with Crippen LogP contribution in [-0.2, 0) is 7.00 Å². The molecule has 0 heterocycles. The lowest BCUT2D eigenvalue weighted by molar-refractivity contribution is 0.700. The Hall–Kier alpha value is 1.23. The Morgan fingerprint density at radius 3 is 2.50 bits per heavy atom. The van der Waals surface area contributed by atoms with E-state index in [0.717, 1.165) is 5.75 Å². The molecule has 0 amide bonds. The molecule has 1 unspecified atom stereocenters. The fourth-order valence-electron chi connectivity index (χ4n) is 0.0927. The van der Waals surface area contributed by atoms with Crippen LogP contribution in [0.1, 0.15) is 6.92 Å². The van der Waals surface area contributed by atoms with Crippen molar-refractivity contribution in [2.75, 3.05) is 5.75 Å². The summed E-state index contributed by atoms with van der Waals surface area (Å²) < 4.78 is 10.1. The van der Waals surface area contributed by atoms with Crippen LogP contribution in [0, 0.1) is 0 Å². The molecule has 0 fully saturated rings. The van der Waals surface area contributed by atoms with Crippen LogP contribution >= 0.6 is 32.0 Å². The second-order valence-electron chi connectivity index (χ2n) is 0.601. The average molecular weight is 236 g/mol. The van der Waals surface area contributed by atoms with E-state index in [1.807, 2.05) is 28.1 Å². The van der Waals surface area contributed by atoms with Gasteiger partial charge in [-0.2, -0.15) is 0 Å². The molecule has 38 valence electrons. The van der Waals surface area contributed by atoms with Gasteiger partial charge in [0.25, 0.3) is 0 Å². The van der Waals surface area contributed by atoms with Gasteiger partial charge in [-0.3, -0.25) is 0 Å². The van der Waals surface area contributed by atoms with Gasteiger partial charge < -0.3 is 0 Å². The topological polar surface area (TPSA) is 17.1 Å². The molecule has 0 N–H and O–H groups in total. The molecule has 0 aliphatic rings. The normalized spacial score (nSPS) is 14.3. The summed E-state index contributed by atoms with van der Waals surface area (Å²) in [6, 6.07) is 0. The van der Waals surface area contributed by atoms with Crippen molar-refractivity contribution in [2.24, 2.45) is 0 Å². The van der Waals surface area contributed by atoms with Gasteiger partial charge in [0.1, 0.15) is 7.00 Å². The monoisotopic (exact) mass is 236 g/mol. The van der Waals surface area contributed by atoms with Gasteiger partial charge >= 0.3 is 0 Å². The Balaban J connectivity index is 2.83. The van der Waals surface area contributed by atoms with Crippen LogP contribution in [0.2, 0.25) is 0 Å². The van der Waals surface area contributed by atoms with Gasteiger partial charge in [-0.25, -0.2) is 4.21 Å². The van der Waals surface area contributed by atoms with E-state index in [0.29, 0.717) is 0 Å². The molecule has 0 aromatic rings. The summed E-state index contributed by atoms with van der Waals surface area (Å²) in [6.45, 7) is 1.99. The number of hydrogen-bond donors (Lipinski definition) is 0. The molecule has 1 atom stereocenters. The third-order valence-electron chi connectivity index (χ3n) is 0.211. The highest BCUT2D eigenvalue weighted by Gasteiger charge is 1.84. The van der Waals surface area contributed by atoms with Crippen molar-refractivity contribution in [1.29, 1.82) is 0 Å². The van der Waals surface area contributed by atoms with Gasteiger partial charge in [0.05, 0.1) is 0 Å². The van der Waals surface area contributed by atoms with Crippen molar-refractivity contribution >= 4 is 39.0 Å². The average Bonchev–Trinajstić information content (AvgIpc) is 1.35. The minimum absolute atomic E-state index is 0.679. The lowest BCUT2D eigenvalue weighted by atomic mass is 11.0. The van der Waals surface area contributed by atoms with Crippen molar-refractivity contribution in [2.45, 2.75) is 6.92 Å².